The molecular formula is C13H17NO5. The van der Waals surface area contributed by atoms with Crippen LogP contribution in [0.1, 0.15) is 24.2 Å². The van der Waals surface area contributed by atoms with Gasteiger partial charge in [-0.05, 0) is 26.0 Å². The fourth-order valence-electron chi connectivity index (χ4n) is 1.35. The van der Waals surface area contributed by atoms with E-state index in [-0.39, 0.29) is 18.3 Å². The minimum atomic E-state index is -0.603. The van der Waals surface area contributed by atoms with Crippen molar-refractivity contribution in [1.82, 2.24) is 0 Å². The number of hydrogen-bond donors (Lipinski definition) is 1. The van der Waals surface area contributed by atoms with Crippen LogP contribution in [0.2, 0.25) is 0 Å². The Kier molecular flexibility index (Phi) is 5.17. The van der Waals surface area contributed by atoms with Gasteiger partial charge in [0.15, 0.2) is 6.61 Å². The van der Waals surface area contributed by atoms with Gasteiger partial charge >= 0.3 is 5.97 Å². The van der Waals surface area contributed by atoms with E-state index in [1.807, 2.05) is 0 Å². The summed E-state index contributed by atoms with van der Waals surface area (Å²) in [5, 5.41) is 0. The molecule has 1 rings (SSSR count). The molecule has 104 valence electrons. The number of carbonyl (C=O) groups excluding carboxylic acids is 2. The second-order valence-electron chi connectivity index (χ2n) is 4.09. The lowest BCUT2D eigenvalue weighted by molar-refractivity contribution is -0.149. The second kappa shape index (κ2) is 6.63. The van der Waals surface area contributed by atoms with Crippen LogP contribution in [0.3, 0.4) is 0 Å². The molecule has 19 heavy (non-hydrogen) atoms. The Morgan fingerprint density at radius 2 is 1.84 bits per heavy atom. The molecule has 0 saturated carbocycles. The fraction of sp³-hybridized carbons (Fsp3) is 0.385. The maximum Gasteiger partial charge on any atom is 0.344 e. The van der Waals surface area contributed by atoms with Crippen molar-refractivity contribution in [3.8, 4) is 11.5 Å². The van der Waals surface area contributed by atoms with Crippen molar-refractivity contribution < 1.29 is 23.8 Å². The van der Waals surface area contributed by atoms with E-state index in [1.165, 1.54) is 19.2 Å². The first kappa shape index (κ1) is 14.8. The van der Waals surface area contributed by atoms with Crippen LogP contribution in [0.25, 0.3) is 0 Å². The lowest BCUT2D eigenvalue weighted by Gasteiger charge is -2.11. The van der Waals surface area contributed by atoms with E-state index >= 15 is 0 Å². The first-order valence-corrected chi connectivity index (χ1v) is 5.73. The molecule has 0 aliphatic rings. The van der Waals surface area contributed by atoms with E-state index in [0.717, 1.165) is 0 Å². The summed E-state index contributed by atoms with van der Waals surface area (Å²) in [6.45, 7) is 3.24. The van der Waals surface area contributed by atoms with Gasteiger partial charge in [-0.1, -0.05) is 0 Å². The quantitative estimate of drug-likeness (QED) is 0.780. The molecule has 0 radical (unpaired) electrons. The first-order valence-electron chi connectivity index (χ1n) is 5.73. The Hall–Kier alpha value is -2.24. The van der Waals surface area contributed by atoms with Crippen LogP contribution in [-0.4, -0.2) is 31.7 Å². The normalized spacial score (nSPS) is 10.1. The van der Waals surface area contributed by atoms with E-state index in [9.17, 15) is 9.59 Å². The SMILES string of the molecule is COc1cc(OCC(=O)OC(C)C)cc(C(N)=O)c1. The zero-order valence-electron chi connectivity index (χ0n) is 11.1. The van der Waals surface area contributed by atoms with Crippen molar-refractivity contribution in [3.05, 3.63) is 23.8 Å². The van der Waals surface area contributed by atoms with Gasteiger partial charge in [-0.2, -0.15) is 0 Å². The van der Waals surface area contributed by atoms with Gasteiger partial charge in [0.25, 0.3) is 0 Å². The van der Waals surface area contributed by atoms with Crippen molar-refractivity contribution >= 4 is 11.9 Å². The number of carbonyl (C=O) groups is 2. The predicted molar refractivity (Wildman–Crippen MR) is 68.2 cm³/mol. The third-order valence-corrected chi connectivity index (χ3v) is 2.12. The summed E-state index contributed by atoms with van der Waals surface area (Å²) >= 11 is 0. The predicted octanol–water partition coefficient (Wildman–Crippen LogP) is 1.12. The molecule has 6 nitrogen and oxygen atoms in total. The van der Waals surface area contributed by atoms with Gasteiger partial charge in [-0.25, -0.2) is 4.79 Å². The molecule has 1 aromatic rings. The summed E-state index contributed by atoms with van der Waals surface area (Å²) in [6, 6.07) is 4.48. The molecule has 0 fully saturated rings. The van der Waals surface area contributed by atoms with Gasteiger partial charge in [0.05, 0.1) is 13.2 Å². The summed E-state index contributed by atoms with van der Waals surface area (Å²) in [4.78, 5) is 22.5. The molecule has 0 heterocycles. The minimum absolute atomic E-state index is 0.206. The largest absolute Gasteiger partial charge is 0.497 e. The average Bonchev–Trinajstić information content (AvgIpc) is 2.35. The van der Waals surface area contributed by atoms with E-state index in [0.29, 0.717) is 11.5 Å². The Labute approximate surface area is 111 Å². The number of esters is 1. The van der Waals surface area contributed by atoms with Crippen LogP contribution in [-0.2, 0) is 9.53 Å². The third-order valence-electron chi connectivity index (χ3n) is 2.12. The number of methoxy groups -OCH3 is 1. The number of hydrogen-bond acceptors (Lipinski definition) is 5. The maximum absolute atomic E-state index is 11.3. The molecule has 1 aromatic carbocycles. The average molecular weight is 267 g/mol. The lowest BCUT2D eigenvalue weighted by atomic mass is 10.2. The Bertz CT molecular complexity index is 470. The topological polar surface area (TPSA) is 87.8 Å². The number of nitrogens with two attached hydrogens (primary N) is 1. The van der Waals surface area contributed by atoms with Crippen LogP contribution in [0, 0.1) is 0 Å². The highest BCUT2D eigenvalue weighted by Gasteiger charge is 2.10. The standard InChI is InChI=1S/C13H17NO5/c1-8(2)19-12(15)7-18-11-5-9(13(14)16)4-10(6-11)17-3/h4-6,8H,7H2,1-3H3,(H2,14,16). The van der Waals surface area contributed by atoms with Crippen LogP contribution in [0.15, 0.2) is 18.2 Å². The first-order chi connectivity index (χ1) is 8.92. The van der Waals surface area contributed by atoms with Gasteiger partial charge in [0.2, 0.25) is 5.91 Å². The Balaban J connectivity index is 2.75. The minimum Gasteiger partial charge on any atom is -0.497 e. The van der Waals surface area contributed by atoms with Crippen LogP contribution < -0.4 is 15.2 Å². The summed E-state index contributed by atoms with van der Waals surface area (Å²) < 4.78 is 15.2. The number of ether oxygens (including phenoxy) is 3. The molecule has 0 aliphatic heterocycles. The van der Waals surface area contributed by atoms with Crippen molar-refractivity contribution in [2.75, 3.05) is 13.7 Å². The Morgan fingerprint density at radius 3 is 2.37 bits per heavy atom. The third kappa shape index (κ3) is 4.87. The van der Waals surface area contributed by atoms with E-state index in [1.54, 1.807) is 19.9 Å². The molecule has 0 atom stereocenters. The van der Waals surface area contributed by atoms with Gasteiger partial charge in [0.1, 0.15) is 11.5 Å². The van der Waals surface area contributed by atoms with Crippen LogP contribution in [0.5, 0.6) is 11.5 Å². The zero-order valence-corrected chi connectivity index (χ0v) is 11.1. The number of benzene rings is 1. The van der Waals surface area contributed by atoms with E-state index in [2.05, 4.69) is 0 Å². The smallest absolute Gasteiger partial charge is 0.344 e. The molecule has 2 N–H and O–H groups in total. The number of primary amides is 1. The fourth-order valence-corrected chi connectivity index (χ4v) is 1.35. The number of rotatable bonds is 6. The monoisotopic (exact) mass is 267 g/mol. The highest BCUT2D eigenvalue weighted by atomic mass is 16.6. The van der Waals surface area contributed by atoms with E-state index < -0.39 is 11.9 Å². The Morgan fingerprint density at radius 1 is 1.21 bits per heavy atom. The zero-order chi connectivity index (χ0) is 14.4. The van der Waals surface area contributed by atoms with Crippen LogP contribution >= 0.6 is 0 Å². The number of amides is 1. The van der Waals surface area contributed by atoms with Crippen molar-refractivity contribution in [3.63, 3.8) is 0 Å². The van der Waals surface area contributed by atoms with Crippen LogP contribution in [0.4, 0.5) is 0 Å². The maximum atomic E-state index is 11.3. The molecule has 0 aromatic heterocycles. The van der Waals surface area contributed by atoms with Crippen molar-refractivity contribution in [2.45, 2.75) is 20.0 Å². The highest BCUT2D eigenvalue weighted by Crippen LogP contribution is 2.22. The van der Waals surface area contributed by atoms with Gasteiger partial charge in [-0.3, -0.25) is 4.79 Å². The second-order valence-corrected chi connectivity index (χ2v) is 4.09. The lowest BCUT2D eigenvalue weighted by Crippen LogP contribution is -2.19. The molecular weight excluding hydrogens is 250 g/mol. The van der Waals surface area contributed by atoms with Gasteiger partial charge in [-0.15, -0.1) is 0 Å². The highest BCUT2D eigenvalue weighted by molar-refractivity contribution is 5.93. The van der Waals surface area contributed by atoms with Crippen molar-refractivity contribution in [1.29, 1.82) is 0 Å². The van der Waals surface area contributed by atoms with E-state index in [4.69, 9.17) is 19.9 Å². The molecule has 0 spiro atoms. The summed E-state index contributed by atoms with van der Waals surface area (Å²) in [5.41, 5.74) is 5.43. The van der Waals surface area contributed by atoms with Crippen molar-refractivity contribution in [2.24, 2.45) is 5.73 Å². The molecule has 0 saturated heterocycles. The molecule has 6 heteroatoms. The van der Waals surface area contributed by atoms with Gasteiger partial charge < -0.3 is 19.9 Å². The summed E-state index contributed by atoms with van der Waals surface area (Å²) in [5.74, 6) is -0.357. The van der Waals surface area contributed by atoms with Gasteiger partial charge in [0, 0.05) is 11.6 Å². The molecule has 0 bridgehead atoms. The molecule has 1 amide bonds. The molecule has 0 unspecified atom stereocenters. The molecule has 0 aliphatic carbocycles. The summed E-state index contributed by atoms with van der Waals surface area (Å²) in [6.07, 6.45) is -0.206. The summed E-state index contributed by atoms with van der Waals surface area (Å²) in [7, 11) is 1.46.